The number of aromatic nitrogens is 6. The van der Waals surface area contributed by atoms with Crippen molar-refractivity contribution in [3.05, 3.63) is 48.5 Å². The van der Waals surface area contributed by atoms with E-state index in [2.05, 4.69) is 20.5 Å². The van der Waals surface area contributed by atoms with Crippen LogP contribution in [0.3, 0.4) is 0 Å². The highest BCUT2D eigenvalue weighted by atomic mass is 32.2. The molecule has 3 rings (SSSR count). The summed E-state index contributed by atoms with van der Waals surface area (Å²) in [6.07, 6.45) is 2.60. The molecule has 0 spiro atoms. The Bertz CT molecular complexity index is 711. The van der Waals surface area contributed by atoms with E-state index in [1.165, 1.54) is 24.2 Å². The van der Waals surface area contributed by atoms with E-state index in [0.29, 0.717) is 5.16 Å². The van der Waals surface area contributed by atoms with E-state index in [9.17, 15) is 8.78 Å². The summed E-state index contributed by atoms with van der Waals surface area (Å²) >= 11 is 1.25. The average molecular weight is 308 g/mol. The van der Waals surface area contributed by atoms with Crippen LogP contribution in [0.25, 0.3) is 5.69 Å². The number of imidazole rings is 1. The van der Waals surface area contributed by atoms with Crippen LogP contribution in [0.4, 0.5) is 8.78 Å². The van der Waals surface area contributed by atoms with E-state index in [4.69, 9.17) is 0 Å². The minimum Gasteiger partial charge on any atom is -0.277 e. The van der Waals surface area contributed by atoms with Crippen molar-refractivity contribution in [3.63, 3.8) is 0 Å². The Morgan fingerprint density at radius 1 is 1.19 bits per heavy atom. The Hall–Kier alpha value is -2.29. The van der Waals surface area contributed by atoms with Gasteiger partial charge in [-0.05, 0) is 22.6 Å². The molecule has 2 aromatic heterocycles. The maximum absolute atomic E-state index is 12.7. The maximum Gasteiger partial charge on any atom is 0.319 e. The van der Waals surface area contributed by atoms with Gasteiger partial charge in [-0.2, -0.15) is 13.5 Å². The number of nitrogens with zero attached hydrogens (tertiary/aromatic N) is 6. The van der Waals surface area contributed by atoms with Gasteiger partial charge in [-0.3, -0.25) is 4.57 Å². The lowest BCUT2D eigenvalue weighted by Crippen LogP contribution is -2.03. The second kappa shape index (κ2) is 6.00. The lowest BCUT2D eigenvalue weighted by Gasteiger charge is -2.06. The molecule has 6 nitrogen and oxygen atoms in total. The van der Waals surface area contributed by atoms with Crippen LogP contribution in [0.15, 0.2) is 47.9 Å². The van der Waals surface area contributed by atoms with Crippen LogP contribution in [-0.4, -0.2) is 29.8 Å². The predicted octanol–water partition coefficient (Wildman–Crippen LogP) is 2.55. The standard InChI is InChI=1S/C12H10F2N6S/c13-11(14)19-7-6-15-10(19)8-21-12-16-17-18-20(12)9-4-2-1-3-5-9/h1-7,11H,8H2. The van der Waals surface area contributed by atoms with Crippen LogP contribution in [-0.2, 0) is 5.75 Å². The van der Waals surface area contributed by atoms with Crippen molar-refractivity contribution < 1.29 is 8.78 Å². The van der Waals surface area contributed by atoms with Crippen molar-refractivity contribution >= 4 is 11.8 Å². The Balaban J connectivity index is 1.78. The molecule has 2 heterocycles. The van der Waals surface area contributed by atoms with Gasteiger partial charge in [0.2, 0.25) is 5.16 Å². The first kappa shape index (κ1) is 13.7. The summed E-state index contributed by atoms with van der Waals surface area (Å²) in [6, 6.07) is 9.35. The lowest BCUT2D eigenvalue weighted by atomic mass is 10.3. The third-order valence-electron chi connectivity index (χ3n) is 2.73. The molecule has 0 amide bonds. The first-order valence-corrected chi connectivity index (χ1v) is 7.01. The van der Waals surface area contributed by atoms with Gasteiger partial charge in [0, 0.05) is 12.4 Å². The zero-order chi connectivity index (χ0) is 14.7. The third-order valence-corrected chi connectivity index (χ3v) is 3.65. The van der Waals surface area contributed by atoms with Gasteiger partial charge in [-0.15, -0.1) is 5.10 Å². The van der Waals surface area contributed by atoms with Gasteiger partial charge < -0.3 is 0 Å². The van der Waals surface area contributed by atoms with Crippen LogP contribution >= 0.6 is 11.8 Å². The molecule has 0 N–H and O–H groups in total. The van der Waals surface area contributed by atoms with Gasteiger partial charge in [0.1, 0.15) is 5.82 Å². The number of benzene rings is 1. The van der Waals surface area contributed by atoms with Crippen LogP contribution in [0.1, 0.15) is 12.4 Å². The van der Waals surface area contributed by atoms with Gasteiger partial charge in [0.15, 0.2) is 0 Å². The smallest absolute Gasteiger partial charge is 0.277 e. The fourth-order valence-electron chi connectivity index (χ4n) is 1.76. The summed E-state index contributed by atoms with van der Waals surface area (Å²) < 4.78 is 27.9. The highest BCUT2D eigenvalue weighted by Gasteiger charge is 2.14. The quantitative estimate of drug-likeness (QED) is 0.678. The van der Waals surface area contributed by atoms with Gasteiger partial charge in [0.05, 0.1) is 11.4 Å². The maximum atomic E-state index is 12.7. The number of thioether (sulfide) groups is 1. The van der Waals surface area contributed by atoms with E-state index in [1.807, 2.05) is 30.3 Å². The molecule has 9 heteroatoms. The van der Waals surface area contributed by atoms with Crippen LogP contribution in [0.5, 0.6) is 0 Å². The topological polar surface area (TPSA) is 61.4 Å². The molecule has 0 aliphatic heterocycles. The highest BCUT2D eigenvalue weighted by Crippen LogP contribution is 2.23. The highest BCUT2D eigenvalue weighted by molar-refractivity contribution is 7.98. The van der Waals surface area contributed by atoms with Gasteiger partial charge in [-0.25, -0.2) is 4.98 Å². The molecule has 108 valence electrons. The largest absolute Gasteiger partial charge is 0.319 e. The summed E-state index contributed by atoms with van der Waals surface area (Å²) in [5.41, 5.74) is 0.808. The fourth-order valence-corrected chi connectivity index (χ4v) is 2.60. The Kier molecular flexibility index (Phi) is 3.91. The molecule has 0 saturated carbocycles. The zero-order valence-corrected chi connectivity index (χ0v) is 11.5. The number of halogens is 2. The van der Waals surface area contributed by atoms with Crippen molar-refractivity contribution in [2.24, 2.45) is 0 Å². The third kappa shape index (κ3) is 2.92. The molecule has 0 unspecified atom stereocenters. The summed E-state index contributed by atoms with van der Waals surface area (Å²) in [5, 5.41) is 12.0. The predicted molar refractivity (Wildman–Crippen MR) is 72.2 cm³/mol. The molecule has 0 bridgehead atoms. The summed E-state index contributed by atoms with van der Waals surface area (Å²) in [5.74, 6) is 0.530. The minimum atomic E-state index is -2.60. The monoisotopic (exact) mass is 308 g/mol. The molecule has 3 aromatic rings. The van der Waals surface area contributed by atoms with E-state index in [1.54, 1.807) is 4.68 Å². The number of hydrogen-bond acceptors (Lipinski definition) is 5. The van der Waals surface area contributed by atoms with E-state index in [0.717, 1.165) is 10.3 Å². The minimum absolute atomic E-state index is 0.255. The van der Waals surface area contributed by atoms with E-state index in [-0.39, 0.29) is 11.6 Å². The molecule has 0 aliphatic carbocycles. The average Bonchev–Trinajstić information content (AvgIpc) is 3.15. The molecular formula is C12H10F2N6S. The lowest BCUT2D eigenvalue weighted by molar-refractivity contribution is 0.0678. The number of rotatable bonds is 5. The normalized spacial score (nSPS) is 11.2. The summed E-state index contributed by atoms with van der Waals surface area (Å²) in [7, 11) is 0. The molecule has 0 fully saturated rings. The molecule has 0 aliphatic rings. The number of para-hydroxylation sites is 1. The fraction of sp³-hybridized carbons (Fsp3) is 0.167. The first-order valence-electron chi connectivity index (χ1n) is 6.02. The summed E-state index contributed by atoms with van der Waals surface area (Å²) in [4.78, 5) is 3.92. The number of hydrogen-bond donors (Lipinski definition) is 0. The summed E-state index contributed by atoms with van der Waals surface area (Å²) in [6.45, 7) is -2.60. The van der Waals surface area contributed by atoms with Crippen molar-refractivity contribution in [2.75, 3.05) is 0 Å². The van der Waals surface area contributed by atoms with Crippen molar-refractivity contribution in [1.82, 2.24) is 29.8 Å². The Labute approximate surface area is 122 Å². The zero-order valence-electron chi connectivity index (χ0n) is 10.7. The SMILES string of the molecule is FC(F)n1ccnc1CSc1nnnn1-c1ccccc1. The molecule has 0 saturated heterocycles. The Morgan fingerprint density at radius 2 is 2.00 bits per heavy atom. The Morgan fingerprint density at radius 3 is 2.76 bits per heavy atom. The van der Waals surface area contributed by atoms with Gasteiger partial charge >= 0.3 is 6.55 Å². The molecule has 1 aromatic carbocycles. The van der Waals surface area contributed by atoms with Gasteiger partial charge in [-0.1, -0.05) is 30.0 Å². The second-order valence-electron chi connectivity index (χ2n) is 4.03. The molecule has 0 atom stereocenters. The number of alkyl halides is 2. The van der Waals surface area contributed by atoms with E-state index >= 15 is 0 Å². The van der Waals surface area contributed by atoms with Gasteiger partial charge in [0.25, 0.3) is 0 Å². The van der Waals surface area contributed by atoms with Crippen molar-refractivity contribution in [2.45, 2.75) is 17.5 Å². The van der Waals surface area contributed by atoms with Crippen molar-refractivity contribution in [1.29, 1.82) is 0 Å². The first-order chi connectivity index (χ1) is 10.3. The van der Waals surface area contributed by atoms with E-state index < -0.39 is 6.55 Å². The molecular weight excluding hydrogens is 298 g/mol. The molecule has 21 heavy (non-hydrogen) atoms. The van der Waals surface area contributed by atoms with Crippen LogP contribution in [0, 0.1) is 0 Å². The number of tetrazole rings is 1. The van der Waals surface area contributed by atoms with Crippen molar-refractivity contribution in [3.8, 4) is 5.69 Å². The van der Waals surface area contributed by atoms with Crippen LogP contribution < -0.4 is 0 Å². The molecule has 0 radical (unpaired) electrons. The van der Waals surface area contributed by atoms with Crippen LogP contribution in [0.2, 0.25) is 0 Å². The second-order valence-corrected chi connectivity index (χ2v) is 4.97.